The first-order chi connectivity index (χ1) is 10.1. The van der Waals surface area contributed by atoms with Crippen molar-refractivity contribution in [3.63, 3.8) is 0 Å². The van der Waals surface area contributed by atoms with E-state index in [0.717, 1.165) is 13.0 Å². The van der Waals surface area contributed by atoms with Gasteiger partial charge in [-0.05, 0) is 19.4 Å². The number of hydrogen-bond donors (Lipinski definition) is 2. The minimum atomic E-state index is -0.232. The lowest BCUT2D eigenvalue weighted by Crippen LogP contribution is -2.38. The number of methoxy groups -OCH3 is 2. The van der Waals surface area contributed by atoms with Gasteiger partial charge in [-0.1, -0.05) is 0 Å². The van der Waals surface area contributed by atoms with Gasteiger partial charge in [-0.15, -0.1) is 0 Å². The van der Waals surface area contributed by atoms with Gasteiger partial charge < -0.3 is 25.3 Å². The zero-order valence-electron chi connectivity index (χ0n) is 12.6. The fraction of sp³-hybridized carbons (Fsp3) is 0.533. The monoisotopic (exact) mass is 294 g/mol. The van der Waals surface area contributed by atoms with Crippen LogP contribution in [0.15, 0.2) is 12.1 Å². The summed E-state index contributed by atoms with van der Waals surface area (Å²) in [5.41, 5.74) is 6.65. The number of amides is 1. The molecule has 1 aromatic rings. The average molecular weight is 294 g/mol. The molecule has 0 bridgehead atoms. The van der Waals surface area contributed by atoms with Crippen molar-refractivity contribution in [3.8, 4) is 11.5 Å². The smallest absolute Gasteiger partial charge is 0.253 e. The van der Waals surface area contributed by atoms with E-state index in [1.807, 2.05) is 6.92 Å². The van der Waals surface area contributed by atoms with Crippen molar-refractivity contribution in [3.05, 3.63) is 17.7 Å². The molecule has 1 saturated heterocycles. The SMILES string of the molecule is COc1cc(OC)c(N)c(C(=O)NC(C)C2CCOC2)c1. The zero-order chi connectivity index (χ0) is 15.4. The van der Waals surface area contributed by atoms with Gasteiger partial charge in [0.1, 0.15) is 11.5 Å². The summed E-state index contributed by atoms with van der Waals surface area (Å²) in [5, 5.41) is 2.97. The minimum Gasteiger partial charge on any atom is -0.497 e. The van der Waals surface area contributed by atoms with Gasteiger partial charge >= 0.3 is 0 Å². The normalized spacial score (nSPS) is 19.1. The highest BCUT2D eigenvalue weighted by Crippen LogP contribution is 2.31. The molecule has 0 radical (unpaired) electrons. The molecule has 0 spiro atoms. The van der Waals surface area contributed by atoms with Crippen LogP contribution < -0.4 is 20.5 Å². The van der Waals surface area contributed by atoms with E-state index >= 15 is 0 Å². The van der Waals surface area contributed by atoms with E-state index in [1.54, 1.807) is 12.1 Å². The molecule has 1 heterocycles. The Labute approximate surface area is 124 Å². The van der Waals surface area contributed by atoms with Crippen LogP contribution in [0.4, 0.5) is 5.69 Å². The van der Waals surface area contributed by atoms with Gasteiger partial charge in [-0.25, -0.2) is 0 Å². The summed E-state index contributed by atoms with van der Waals surface area (Å²) in [7, 11) is 3.04. The second-order valence-corrected chi connectivity index (χ2v) is 5.18. The molecular weight excluding hydrogens is 272 g/mol. The second kappa shape index (κ2) is 6.67. The van der Waals surface area contributed by atoms with Crippen LogP contribution in [0.2, 0.25) is 0 Å². The van der Waals surface area contributed by atoms with Crippen molar-refractivity contribution in [1.29, 1.82) is 0 Å². The molecule has 6 heteroatoms. The molecule has 2 rings (SSSR count). The maximum Gasteiger partial charge on any atom is 0.253 e. The number of nitrogens with one attached hydrogen (secondary N) is 1. The quantitative estimate of drug-likeness (QED) is 0.803. The summed E-state index contributed by atoms with van der Waals surface area (Å²) in [5.74, 6) is 1.06. The summed E-state index contributed by atoms with van der Waals surface area (Å²) in [6.07, 6.45) is 0.957. The Morgan fingerprint density at radius 1 is 1.43 bits per heavy atom. The van der Waals surface area contributed by atoms with Crippen molar-refractivity contribution in [2.24, 2.45) is 5.92 Å². The molecule has 0 aromatic heterocycles. The number of ether oxygens (including phenoxy) is 3. The molecular formula is C15H22N2O4. The lowest BCUT2D eigenvalue weighted by atomic mass is 10.00. The van der Waals surface area contributed by atoms with Crippen molar-refractivity contribution in [2.45, 2.75) is 19.4 Å². The molecule has 21 heavy (non-hydrogen) atoms. The van der Waals surface area contributed by atoms with E-state index in [2.05, 4.69) is 5.32 Å². The molecule has 1 fully saturated rings. The van der Waals surface area contributed by atoms with Crippen molar-refractivity contribution < 1.29 is 19.0 Å². The fourth-order valence-electron chi connectivity index (χ4n) is 2.43. The topological polar surface area (TPSA) is 82.8 Å². The van der Waals surface area contributed by atoms with E-state index < -0.39 is 0 Å². The van der Waals surface area contributed by atoms with Gasteiger partial charge in [0, 0.05) is 24.6 Å². The van der Waals surface area contributed by atoms with E-state index in [4.69, 9.17) is 19.9 Å². The third kappa shape index (κ3) is 3.39. The molecule has 3 N–H and O–H groups in total. The standard InChI is InChI=1S/C15H22N2O4/c1-9(10-4-5-21-8-10)17-15(18)12-6-11(19-2)7-13(20-3)14(12)16/h6-7,9-10H,4-5,8,16H2,1-3H3,(H,17,18). The first-order valence-electron chi connectivity index (χ1n) is 6.97. The minimum absolute atomic E-state index is 0.0246. The molecule has 2 unspecified atom stereocenters. The van der Waals surface area contributed by atoms with Crippen LogP contribution in [-0.4, -0.2) is 39.4 Å². The van der Waals surface area contributed by atoms with Gasteiger partial charge in [0.05, 0.1) is 32.1 Å². The molecule has 1 aromatic carbocycles. The Kier molecular flexibility index (Phi) is 4.90. The van der Waals surface area contributed by atoms with Crippen LogP contribution in [0.25, 0.3) is 0 Å². The second-order valence-electron chi connectivity index (χ2n) is 5.18. The molecule has 1 aliphatic rings. The van der Waals surface area contributed by atoms with E-state index in [-0.39, 0.29) is 11.9 Å². The Balaban J connectivity index is 2.17. The van der Waals surface area contributed by atoms with Crippen molar-refractivity contribution in [2.75, 3.05) is 33.2 Å². The number of carbonyl (C=O) groups excluding carboxylic acids is 1. The number of hydrogen-bond acceptors (Lipinski definition) is 5. The highest BCUT2D eigenvalue weighted by Gasteiger charge is 2.25. The maximum absolute atomic E-state index is 12.4. The van der Waals surface area contributed by atoms with Gasteiger partial charge in [0.2, 0.25) is 0 Å². The summed E-state index contributed by atoms with van der Waals surface area (Å²) in [6, 6.07) is 3.29. The van der Waals surface area contributed by atoms with Crippen molar-refractivity contribution in [1.82, 2.24) is 5.32 Å². The van der Waals surface area contributed by atoms with E-state index in [9.17, 15) is 4.79 Å². The largest absolute Gasteiger partial charge is 0.497 e. The molecule has 6 nitrogen and oxygen atoms in total. The van der Waals surface area contributed by atoms with Crippen LogP contribution >= 0.6 is 0 Å². The Morgan fingerprint density at radius 2 is 2.19 bits per heavy atom. The van der Waals surface area contributed by atoms with E-state index in [0.29, 0.717) is 35.3 Å². The summed E-state index contributed by atoms with van der Waals surface area (Å²) in [4.78, 5) is 12.4. The van der Waals surface area contributed by atoms with Gasteiger partial charge in [-0.3, -0.25) is 4.79 Å². The van der Waals surface area contributed by atoms with Crippen molar-refractivity contribution >= 4 is 11.6 Å². The number of rotatable bonds is 5. The number of benzene rings is 1. The molecule has 1 amide bonds. The van der Waals surface area contributed by atoms with Crippen LogP contribution in [0.1, 0.15) is 23.7 Å². The lowest BCUT2D eigenvalue weighted by Gasteiger charge is -2.20. The van der Waals surface area contributed by atoms with E-state index in [1.165, 1.54) is 14.2 Å². The number of nitrogens with two attached hydrogens (primary N) is 1. The number of carbonyl (C=O) groups is 1. The average Bonchev–Trinajstić information content (AvgIpc) is 3.01. The van der Waals surface area contributed by atoms with Gasteiger partial charge in [-0.2, -0.15) is 0 Å². The fourth-order valence-corrected chi connectivity index (χ4v) is 2.43. The first kappa shape index (κ1) is 15.4. The highest BCUT2D eigenvalue weighted by atomic mass is 16.5. The Bertz CT molecular complexity index is 513. The van der Waals surface area contributed by atoms with Gasteiger partial charge in [0.25, 0.3) is 5.91 Å². The predicted molar refractivity (Wildman–Crippen MR) is 79.8 cm³/mol. The Hall–Kier alpha value is -1.95. The molecule has 0 saturated carbocycles. The van der Waals surface area contributed by atoms with Gasteiger partial charge in [0.15, 0.2) is 0 Å². The third-order valence-corrected chi connectivity index (χ3v) is 3.85. The Morgan fingerprint density at radius 3 is 2.76 bits per heavy atom. The van der Waals surface area contributed by atoms with Crippen LogP contribution in [0.5, 0.6) is 11.5 Å². The molecule has 2 atom stereocenters. The summed E-state index contributed by atoms with van der Waals surface area (Å²) in [6.45, 7) is 3.41. The summed E-state index contributed by atoms with van der Waals surface area (Å²) < 4.78 is 15.7. The predicted octanol–water partition coefficient (Wildman–Crippen LogP) is 1.44. The molecule has 1 aliphatic heterocycles. The first-order valence-corrected chi connectivity index (χ1v) is 6.97. The van der Waals surface area contributed by atoms with Crippen LogP contribution in [-0.2, 0) is 4.74 Å². The molecule has 116 valence electrons. The number of nitrogen functional groups attached to an aromatic ring is 1. The zero-order valence-corrected chi connectivity index (χ0v) is 12.6. The summed E-state index contributed by atoms with van der Waals surface area (Å²) >= 11 is 0. The van der Waals surface area contributed by atoms with Crippen LogP contribution in [0.3, 0.4) is 0 Å². The van der Waals surface area contributed by atoms with Crippen LogP contribution in [0, 0.1) is 5.92 Å². The number of anilines is 1. The maximum atomic E-state index is 12.4. The molecule has 0 aliphatic carbocycles. The third-order valence-electron chi connectivity index (χ3n) is 3.85. The lowest BCUT2D eigenvalue weighted by molar-refractivity contribution is 0.0922. The highest BCUT2D eigenvalue weighted by molar-refractivity contribution is 6.01.